The van der Waals surface area contributed by atoms with E-state index in [-0.39, 0.29) is 5.91 Å². The monoisotopic (exact) mass is 276 g/mol. The topological polar surface area (TPSA) is 55.6 Å². The van der Waals surface area contributed by atoms with Crippen molar-refractivity contribution < 1.29 is 9.53 Å². The second kappa shape index (κ2) is 7.17. The molecule has 4 heteroatoms. The molecule has 0 unspecified atom stereocenters. The van der Waals surface area contributed by atoms with E-state index in [1.165, 1.54) is 6.42 Å². The molecule has 1 aromatic rings. The molecule has 0 spiro atoms. The van der Waals surface area contributed by atoms with Crippen LogP contribution < -0.4 is 10.5 Å². The average molecular weight is 276 g/mol. The highest BCUT2D eigenvalue weighted by Crippen LogP contribution is 2.20. The standard InChI is InChI=1S/C16H24N2O2/c1-2-13-7-10-18(11-8-13)16(19)9-12-20-15-5-3-14(17)4-6-15/h3-6,13H,2,7-12,17H2,1H3. The summed E-state index contributed by atoms with van der Waals surface area (Å²) in [6.07, 6.45) is 3.95. The fourth-order valence-corrected chi connectivity index (χ4v) is 2.57. The molecular formula is C16H24N2O2. The van der Waals surface area contributed by atoms with Gasteiger partial charge in [-0.2, -0.15) is 0 Å². The minimum Gasteiger partial charge on any atom is -0.493 e. The molecule has 0 radical (unpaired) electrons. The molecule has 20 heavy (non-hydrogen) atoms. The number of nitrogen functional groups attached to an aromatic ring is 1. The molecule has 2 N–H and O–H groups in total. The van der Waals surface area contributed by atoms with Crippen molar-refractivity contribution in [2.45, 2.75) is 32.6 Å². The third-order valence-corrected chi connectivity index (χ3v) is 4.01. The van der Waals surface area contributed by atoms with Crippen LogP contribution in [-0.2, 0) is 4.79 Å². The smallest absolute Gasteiger partial charge is 0.225 e. The fourth-order valence-electron chi connectivity index (χ4n) is 2.57. The number of nitrogens with zero attached hydrogens (tertiary/aromatic N) is 1. The number of amides is 1. The maximum atomic E-state index is 12.1. The summed E-state index contributed by atoms with van der Waals surface area (Å²) < 4.78 is 5.56. The van der Waals surface area contributed by atoms with Gasteiger partial charge < -0.3 is 15.4 Å². The van der Waals surface area contributed by atoms with Gasteiger partial charge in [0.05, 0.1) is 13.0 Å². The summed E-state index contributed by atoms with van der Waals surface area (Å²) >= 11 is 0. The Hall–Kier alpha value is -1.71. The Morgan fingerprint density at radius 1 is 1.30 bits per heavy atom. The van der Waals surface area contributed by atoms with Gasteiger partial charge in [0.2, 0.25) is 5.91 Å². The van der Waals surface area contributed by atoms with E-state index in [0.29, 0.717) is 18.7 Å². The normalized spacial score (nSPS) is 16.1. The first-order valence-electron chi connectivity index (χ1n) is 7.45. The van der Waals surface area contributed by atoms with Gasteiger partial charge in [0, 0.05) is 18.8 Å². The molecule has 2 rings (SSSR count). The van der Waals surface area contributed by atoms with Gasteiger partial charge in [-0.3, -0.25) is 4.79 Å². The quantitative estimate of drug-likeness (QED) is 0.841. The van der Waals surface area contributed by atoms with E-state index in [9.17, 15) is 4.79 Å². The minimum atomic E-state index is 0.204. The lowest BCUT2D eigenvalue weighted by molar-refractivity contribution is -0.133. The van der Waals surface area contributed by atoms with Gasteiger partial charge in [0.1, 0.15) is 5.75 Å². The number of hydrogen-bond donors (Lipinski definition) is 1. The van der Waals surface area contributed by atoms with E-state index in [4.69, 9.17) is 10.5 Å². The first kappa shape index (κ1) is 14.7. The first-order chi connectivity index (χ1) is 9.69. The number of hydrogen-bond acceptors (Lipinski definition) is 3. The van der Waals surface area contributed by atoms with E-state index in [2.05, 4.69) is 6.92 Å². The summed E-state index contributed by atoms with van der Waals surface area (Å²) in [6.45, 7) is 4.46. The molecule has 0 atom stereocenters. The van der Waals surface area contributed by atoms with Crippen molar-refractivity contribution in [3.8, 4) is 5.75 Å². The van der Waals surface area contributed by atoms with Crippen LogP contribution in [0.2, 0.25) is 0 Å². The van der Waals surface area contributed by atoms with Gasteiger partial charge in [0.25, 0.3) is 0 Å². The van der Waals surface area contributed by atoms with Gasteiger partial charge in [-0.15, -0.1) is 0 Å². The predicted molar refractivity (Wildman–Crippen MR) is 80.6 cm³/mol. The summed E-state index contributed by atoms with van der Waals surface area (Å²) in [5, 5.41) is 0. The lowest BCUT2D eigenvalue weighted by Gasteiger charge is -2.31. The predicted octanol–water partition coefficient (Wildman–Crippen LogP) is 2.69. The first-order valence-corrected chi connectivity index (χ1v) is 7.45. The van der Waals surface area contributed by atoms with Crippen molar-refractivity contribution in [3.63, 3.8) is 0 Å². The Morgan fingerprint density at radius 3 is 2.55 bits per heavy atom. The summed E-state index contributed by atoms with van der Waals surface area (Å²) in [5.41, 5.74) is 6.32. The van der Waals surface area contributed by atoms with Gasteiger partial charge in [-0.25, -0.2) is 0 Å². The molecular weight excluding hydrogens is 252 g/mol. The number of carbonyl (C=O) groups is 1. The van der Waals surface area contributed by atoms with Crippen LogP contribution in [0.15, 0.2) is 24.3 Å². The second-order valence-electron chi connectivity index (χ2n) is 5.40. The van der Waals surface area contributed by atoms with E-state index in [0.717, 1.165) is 37.6 Å². The average Bonchev–Trinajstić information content (AvgIpc) is 2.49. The van der Waals surface area contributed by atoms with E-state index in [1.54, 1.807) is 12.1 Å². The number of likely N-dealkylation sites (tertiary alicyclic amines) is 1. The van der Waals surface area contributed by atoms with Crippen LogP contribution in [0.1, 0.15) is 32.6 Å². The third kappa shape index (κ3) is 4.15. The van der Waals surface area contributed by atoms with Crippen LogP contribution >= 0.6 is 0 Å². The molecule has 1 heterocycles. The van der Waals surface area contributed by atoms with Crippen LogP contribution in [0.5, 0.6) is 5.75 Å². The maximum Gasteiger partial charge on any atom is 0.225 e. The second-order valence-corrected chi connectivity index (χ2v) is 5.40. The molecule has 0 aliphatic carbocycles. The number of carbonyl (C=O) groups excluding carboxylic acids is 1. The molecule has 1 amide bonds. The molecule has 4 nitrogen and oxygen atoms in total. The minimum absolute atomic E-state index is 0.204. The lowest BCUT2D eigenvalue weighted by Crippen LogP contribution is -2.38. The number of ether oxygens (including phenoxy) is 1. The highest BCUT2D eigenvalue weighted by atomic mass is 16.5. The van der Waals surface area contributed by atoms with E-state index in [1.807, 2.05) is 17.0 Å². The Labute approximate surface area is 120 Å². The van der Waals surface area contributed by atoms with Crippen LogP contribution in [0.25, 0.3) is 0 Å². The largest absolute Gasteiger partial charge is 0.493 e. The van der Waals surface area contributed by atoms with Gasteiger partial charge in [-0.05, 0) is 43.0 Å². The molecule has 1 aliphatic rings. The molecule has 1 aromatic carbocycles. The molecule has 1 saturated heterocycles. The van der Waals surface area contributed by atoms with Gasteiger partial charge in [-0.1, -0.05) is 13.3 Å². The van der Waals surface area contributed by atoms with E-state index < -0.39 is 0 Å². The lowest BCUT2D eigenvalue weighted by atomic mass is 9.94. The zero-order valence-corrected chi connectivity index (χ0v) is 12.2. The number of piperidine rings is 1. The van der Waals surface area contributed by atoms with Crippen molar-refractivity contribution in [2.24, 2.45) is 5.92 Å². The number of anilines is 1. The third-order valence-electron chi connectivity index (χ3n) is 4.01. The van der Waals surface area contributed by atoms with Crippen molar-refractivity contribution in [1.82, 2.24) is 4.90 Å². The highest BCUT2D eigenvalue weighted by molar-refractivity contribution is 5.76. The summed E-state index contributed by atoms with van der Waals surface area (Å²) in [4.78, 5) is 14.0. The summed E-state index contributed by atoms with van der Waals surface area (Å²) in [7, 11) is 0. The summed E-state index contributed by atoms with van der Waals surface area (Å²) in [5.74, 6) is 1.76. The van der Waals surface area contributed by atoms with Gasteiger partial charge >= 0.3 is 0 Å². The van der Waals surface area contributed by atoms with Gasteiger partial charge in [0.15, 0.2) is 0 Å². The Kier molecular flexibility index (Phi) is 5.27. The molecule has 1 aliphatic heterocycles. The maximum absolute atomic E-state index is 12.1. The molecule has 1 fully saturated rings. The van der Waals surface area contributed by atoms with Crippen molar-refractivity contribution in [1.29, 1.82) is 0 Å². The van der Waals surface area contributed by atoms with Crippen molar-refractivity contribution in [2.75, 3.05) is 25.4 Å². The molecule has 0 saturated carbocycles. The number of nitrogens with two attached hydrogens (primary N) is 1. The number of rotatable bonds is 5. The van der Waals surface area contributed by atoms with Crippen LogP contribution in [0.3, 0.4) is 0 Å². The zero-order chi connectivity index (χ0) is 14.4. The molecule has 0 bridgehead atoms. The van der Waals surface area contributed by atoms with Crippen molar-refractivity contribution in [3.05, 3.63) is 24.3 Å². The SMILES string of the molecule is CCC1CCN(C(=O)CCOc2ccc(N)cc2)CC1. The summed E-state index contributed by atoms with van der Waals surface area (Å²) in [6, 6.07) is 7.25. The Balaban J connectivity index is 1.69. The highest BCUT2D eigenvalue weighted by Gasteiger charge is 2.21. The Morgan fingerprint density at radius 2 is 1.95 bits per heavy atom. The van der Waals surface area contributed by atoms with E-state index >= 15 is 0 Å². The van der Waals surface area contributed by atoms with Crippen LogP contribution in [0.4, 0.5) is 5.69 Å². The van der Waals surface area contributed by atoms with Crippen LogP contribution in [0, 0.1) is 5.92 Å². The van der Waals surface area contributed by atoms with Crippen molar-refractivity contribution >= 4 is 11.6 Å². The number of benzene rings is 1. The van der Waals surface area contributed by atoms with Crippen LogP contribution in [-0.4, -0.2) is 30.5 Å². The molecule has 110 valence electrons. The molecule has 0 aromatic heterocycles. The Bertz CT molecular complexity index is 423. The zero-order valence-electron chi connectivity index (χ0n) is 12.2. The fraction of sp³-hybridized carbons (Fsp3) is 0.562.